The van der Waals surface area contributed by atoms with Gasteiger partial charge >= 0.3 is 0 Å². The predicted octanol–water partition coefficient (Wildman–Crippen LogP) is 4.87. The third kappa shape index (κ3) is 4.27. The molecule has 0 aliphatic heterocycles. The van der Waals surface area contributed by atoms with Crippen molar-refractivity contribution in [1.82, 2.24) is 19.9 Å². The summed E-state index contributed by atoms with van der Waals surface area (Å²) in [6.45, 7) is 0.635. The molecule has 0 spiro atoms. The average molecular weight is 374 g/mol. The highest BCUT2D eigenvalue weighted by molar-refractivity contribution is 6.30. The molecule has 132 valence electrons. The van der Waals surface area contributed by atoms with Crippen molar-refractivity contribution in [2.45, 2.75) is 6.54 Å². The zero-order valence-electron chi connectivity index (χ0n) is 14.4. The summed E-state index contributed by atoms with van der Waals surface area (Å²) >= 11 is 5.95. The number of aromatic nitrogens is 4. The van der Waals surface area contributed by atoms with Crippen LogP contribution in [0.3, 0.4) is 0 Å². The molecule has 0 aliphatic carbocycles. The van der Waals surface area contributed by atoms with Crippen LogP contribution in [0.1, 0.15) is 5.56 Å². The number of nitrogens with one attached hydrogen (secondary N) is 1. The van der Waals surface area contributed by atoms with Crippen LogP contribution in [0.4, 0.5) is 5.82 Å². The summed E-state index contributed by atoms with van der Waals surface area (Å²) in [5.41, 5.74) is 3.78. The molecule has 5 nitrogen and oxygen atoms in total. The van der Waals surface area contributed by atoms with E-state index in [1.807, 2.05) is 54.6 Å². The lowest BCUT2D eigenvalue weighted by molar-refractivity contribution is 1.08. The van der Waals surface area contributed by atoms with E-state index in [1.54, 1.807) is 24.8 Å². The Kier molecular flexibility index (Phi) is 5.03. The first-order chi connectivity index (χ1) is 13.3. The van der Waals surface area contributed by atoms with Crippen LogP contribution in [0, 0.1) is 0 Å². The Hall–Kier alpha value is -3.31. The van der Waals surface area contributed by atoms with Crippen LogP contribution >= 0.6 is 11.6 Å². The molecule has 4 aromatic rings. The first-order valence-corrected chi connectivity index (χ1v) is 8.84. The van der Waals surface area contributed by atoms with Crippen molar-refractivity contribution < 1.29 is 0 Å². The van der Waals surface area contributed by atoms with Gasteiger partial charge in [0.1, 0.15) is 5.82 Å². The van der Waals surface area contributed by atoms with E-state index in [9.17, 15) is 0 Å². The van der Waals surface area contributed by atoms with Crippen LogP contribution in [0.2, 0.25) is 5.02 Å². The van der Waals surface area contributed by atoms with Gasteiger partial charge in [-0.15, -0.1) is 0 Å². The van der Waals surface area contributed by atoms with E-state index in [0.29, 0.717) is 12.4 Å². The second-order valence-electron chi connectivity index (χ2n) is 5.92. The quantitative estimate of drug-likeness (QED) is 0.541. The molecule has 0 atom stereocenters. The summed E-state index contributed by atoms with van der Waals surface area (Å²) in [6.07, 6.45) is 6.99. The number of benzene rings is 1. The van der Waals surface area contributed by atoms with Gasteiger partial charge in [-0.25, -0.2) is 9.97 Å². The smallest absolute Gasteiger partial charge is 0.163 e. The molecule has 4 rings (SSSR count). The summed E-state index contributed by atoms with van der Waals surface area (Å²) in [7, 11) is 0. The first-order valence-electron chi connectivity index (χ1n) is 8.46. The van der Waals surface area contributed by atoms with Gasteiger partial charge in [-0.05, 0) is 42.0 Å². The Morgan fingerprint density at radius 1 is 0.815 bits per heavy atom. The topological polar surface area (TPSA) is 63.6 Å². The molecular weight excluding hydrogens is 358 g/mol. The Labute approximate surface area is 162 Å². The van der Waals surface area contributed by atoms with Gasteiger partial charge in [0.15, 0.2) is 5.82 Å². The van der Waals surface area contributed by atoms with Crippen LogP contribution < -0.4 is 5.32 Å². The number of pyridine rings is 2. The minimum absolute atomic E-state index is 0.621. The molecule has 0 saturated carbocycles. The maximum atomic E-state index is 5.95. The molecule has 3 heterocycles. The Balaban J connectivity index is 1.68. The van der Waals surface area contributed by atoms with Crippen LogP contribution in [-0.2, 0) is 6.54 Å². The second kappa shape index (κ2) is 7.93. The summed E-state index contributed by atoms with van der Waals surface area (Å²) < 4.78 is 0. The van der Waals surface area contributed by atoms with E-state index in [4.69, 9.17) is 16.6 Å². The molecule has 1 N–H and O–H groups in total. The summed E-state index contributed by atoms with van der Waals surface area (Å²) in [6, 6.07) is 17.3. The largest absolute Gasteiger partial charge is 0.366 e. The van der Waals surface area contributed by atoms with E-state index in [-0.39, 0.29) is 0 Å². The zero-order valence-corrected chi connectivity index (χ0v) is 15.1. The monoisotopic (exact) mass is 373 g/mol. The van der Waals surface area contributed by atoms with Crippen molar-refractivity contribution in [2.75, 3.05) is 5.32 Å². The third-order valence-corrected chi connectivity index (χ3v) is 4.26. The van der Waals surface area contributed by atoms with Gasteiger partial charge in [-0.1, -0.05) is 23.7 Å². The van der Waals surface area contributed by atoms with Crippen molar-refractivity contribution in [3.63, 3.8) is 0 Å². The van der Waals surface area contributed by atoms with Gasteiger partial charge in [0, 0.05) is 53.5 Å². The molecule has 0 amide bonds. The number of hydrogen-bond acceptors (Lipinski definition) is 5. The Bertz CT molecular complexity index is 964. The van der Waals surface area contributed by atoms with Gasteiger partial charge in [-0.3, -0.25) is 9.97 Å². The minimum atomic E-state index is 0.621. The highest BCUT2D eigenvalue weighted by Gasteiger charge is 2.09. The normalized spacial score (nSPS) is 10.6. The number of halogens is 1. The van der Waals surface area contributed by atoms with Crippen LogP contribution in [-0.4, -0.2) is 19.9 Å². The Morgan fingerprint density at radius 3 is 2.37 bits per heavy atom. The molecule has 0 aliphatic rings. The van der Waals surface area contributed by atoms with Crippen molar-refractivity contribution >= 4 is 17.4 Å². The predicted molar refractivity (Wildman–Crippen MR) is 107 cm³/mol. The minimum Gasteiger partial charge on any atom is -0.366 e. The molecule has 1 aromatic carbocycles. The van der Waals surface area contributed by atoms with Crippen molar-refractivity contribution in [3.8, 4) is 22.6 Å². The summed E-state index contributed by atoms with van der Waals surface area (Å²) in [4.78, 5) is 17.6. The Morgan fingerprint density at radius 2 is 1.63 bits per heavy atom. The van der Waals surface area contributed by atoms with Gasteiger partial charge < -0.3 is 5.32 Å². The molecular formula is C21H16ClN5. The van der Waals surface area contributed by atoms with E-state index < -0.39 is 0 Å². The highest BCUT2D eigenvalue weighted by atomic mass is 35.5. The fraction of sp³-hybridized carbons (Fsp3) is 0.0476. The fourth-order valence-corrected chi connectivity index (χ4v) is 2.75. The van der Waals surface area contributed by atoms with Crippen LogP contribution in [0.5, 0.6) is 0 Å². The number of nitrogens with zero attached hydrogens (tertiary/aromatic N) is 4. The van der Waals surface area contributed by atoms with Crippen LogP contribution in [0.25, 0.3) is 22.6 Å². The molecule has 0 radical (unpaired) electrons. The second-order valence-corrected chi connectivity index (χ2v) is 6.36. The lowest BCUT2D eigenvalue weighted by atomic mass is 10.1. The summed E-state index contributed by atoms with van der Waals surface area (Å²) in [5, 5.41) is 4.09. The lowest BCUT2D eigenvalue weighted by Crippen LogP contribution is -2.04. The first kappa shape index (κ1) is 17.1. The summed E-state index contributed by atoms with van der Waals surface area (Å²) in [5.74, 6) is 1.36. The number of hydrogen-bond donors (Lipinski definition) is 1. The molecule has 3 aromatic heterocycles. The van der Waals surface area contributed by atoms with E-state index >= 15 is 0 Å². The molecule has 0 fully saturated rings. The average Bonchev–Trinajstić information content (AvgIpc) is 2.74. The van der Waals surface area contributed by atoms with Crippen molar-refractivity contribution in [1.29, 1.82) is 0 Å². The maximum absolute atomic E-state index is 5.95. The number of anilines is 1. The standard InChI is InChI=1S/C21H16ClN5/c22-18-5-3-15(4-6-18)13-25-20-12-19(16-7-10-23-11-8-16)26-21(27-20)17-2-1-9-24-14-17/h1-12,14H,13H2,(H,25,26,27). The molecule has 0 unspecified atom stereocenters. The number of rotatable bonds is 5. The van der Waals surface area contributed by atoms with Gasteiger partial charge in [0.25, 0.3) is 0 Å². The van der Waals surface area contributed by atoms with Crippen molar-refractivity contribution in [3.05, 3.63) is 90.0 Å². The van der Waals surface area contributed by atoms with E-state index in [2.05, 4.69) is 20.3 Å². The molecule has 0 saturated heterocycles. The fourth-order valence-electron chi connectivity index (χ4n) is 2.63. The van der Waals surface area contributed by atoms with Crippen LogP contribution in [0.15, 0.2) is 79.4 Å². The van der Waals surface area contributed by atoms with Gasteiger partial charge in [0.2, 0.25) is 0 Å². The van der Waals surface area contributed by atoms with E-state index in [1.165, 1.54) is 0 Å². The molecule has 27 heavy (non-hydrogen) atoms. The highest BCUT2D eigenvalue weighted by Crippen LogP contribution is 2.24. The van der Waals surface area contributed by atoms with Crippen molar-refractivity contribution in [2.24, 2.45) is 0 Å². The van der Waals surface area contributed by atoms with Gasteiger partial charge in [0.05, 0.1) is 5.69 Å². The molecule has 6 heteroatoms. The third-order valence-electron chi connectivity index (χ3n) is 4.01. The zero-order chi connectivity index (χ0) is 18.5. The SMILES string of the molecule is Clc1ccc(CNc2cc(-c3ccncc3)nc(-c3cccnc3)n2)cc1. The molecule has 0 bridgehead atoms. The van der Waals surface area contributed by atoms with E-state index in [0.717, 1.165) is 33.2 Å². The maximum Gasteiger partial charge on any atom is 0.163 e. The lowest BCUT2D eigenvalue weighted by Gasteiger charge is -2.10. The van der Waals surface area contributed by atoms with Gasteiger partial charge in [-0.2, -0.15) is 0 Å².